The van der Waals surface area contributed by atoms with Gasteiger partial charge in [-0.3, -0.25) is 77.6 Å². The number of carbonyl (C=O) groups is 8. The Morgan fingerprint density at radius 3 is 0.694 bits per heavy atom. The van der Waals surface area contributed by atoms with Crippen LogP contribution in [0.1, 0.15) is 113 Å². The molecule has 0 aliphatic carbocycles. The fraction of sp³-hybridized carbons (Fsp3) is 0.773. The zero-order valence-electron chi connectivity index (χ0n) is 77.7. The molecule has 0 aromatic heterocycles. The van der Waals surface area contributed by atoms with Crippen molar-refractivity contribution in [2.75, 3.05) is 267 Å². The molecule has 3 N–H and O–H groups in total. The highest BCUT2D eigenvalue weighted by Crippen LogP contribution is 2.24. The van der Waals surface area contributed by atoms with E-state index >= 15 is 0 Å². The lowest BCUT2D eigenvalue weighted by molar-refractivity contribution is -0.157. The van der Waals surface area contributed by atoms with Gasteiger partial charge in [-0.05, 0) is 150 Å². The third-order valence-corrected chi connectivity index (χ3v) is 21.1. The van der Waals surface area contributed by atoms with Crippen molar-refractivity contribution in [1.29, 1.82) is 0 Å². The Morgan fingerprint density at radius 1 is 0.290 bits per heavy atom. The van der Waals surface area contributed by atoms with Gasteiger partial charge in [0.05, 0.1) is 153 Å². The summed E-state index contributed by atoms with van der Waals surface area (Å²) in [6.07, 6.45) is 3.51. The van der Waals surface area contributed by atoms with E-state index in [0.29, 0.717) is 150 Å². The van der Waals surface area contributed by atoms with E-state index in [0.717, 1.165) is 16.9 Å². The second kappa shape index (κ2) is 61.5. The Balaban J connectivity index is 0.000000652. The number of aliphatic hydroxyl groups is 3. The van der Waals surface area contributed by atoms with E-state index in [1.807, 2.05) is 144 Å². The van der Waals surface area contributed by atoms with Crippen molar-refractivity contribution in [1.82, 2.24) is 39.2 Å². The number of hydrogen-bond donors (Lipinski definition) is 3. The first-order chi connectivity index (χ1) is 59.2. The zero-order valence-corrected chi connectivity index (χ0v) is 77.7. The topological polar surface area (TPSA) is 380 Å². The molecule has 2 saturated heterocycles. The number of nitrogens with zero attached hydrogens (tertiary/aromatic N) is 8. The van der Waals surface area contributed by atoms with Gasteiger partial charge >= 0.3 is 47.8 Å². The van der Waals surface area contributed by atoms with Crippen molar-refractivity contribution in [2.45, 2.75) is 180 Å². The summed E-state index contributed by atoms with van der Waals surface area (Å²) in [5.41, 5.74) is 0.453. The lowest BCUT2D eigenvalue weighted by atomic mass is 10.0. The summed E-state index contributed by atoms with van der Waals surface area (Å²) < 4.78 is 93.6. The predicted octanol–water partition coefficient (Wildman–Crippen LogP) is 3.08. The minimum absolute atomic E-state index is 0.0367. The van der Waals surface area contributed by atoms with Crippen LogP contribution >= 0.6 is 0 Å². The highest BCUT2D eigenvalue weighted by Gasteiger charge is 2.40. The molecule has 2 aromatic rings. The lowest BCUT2D eigenvalue weighted by Gasteiger charge is -2.41. The maximum atomic E-state index is 13.9. The van der Waals surface area contributed by atoms with Crippen LogP contribution in [0.5, 0.6) is 11.5 Å². The first-order valence-corrected chi connectivity index (χ1v) is 43.2. The van der Waals surface area contributed by atoms with Crippen LogP contribution in [-0.4, -0.2) is 435 Å². The monoisotopic (exact) mass is 1770 g/mol. The minimum atomic E-state index is -1.07. The van der Waals surface area contributed by atoms with Gasteiger partial charge in [-0.1, -0.05) is 24.3 Å². The Labute approximate surface area is 736 Å². The van der Waals surface area contributed by atoms with Crippen molar-refractivity contribution in [3.05, 3.63) is 59.7 Å². The number of methoxy groups -OCH3 is 8. The highest BCUT2D eigenvalue weighted by atomic mass is 16.6. The molecule has 0 radical (unpaired) electrons. The Hall–Kier alpha value is -6.92. The van der Waals surface area contributed by atoms with E-state index in [-0.39, 0.29) is 85.3 Å². The highest BCUT2D eigenvalue weighted by molar-refractivity contribution is 5.79. The molecule has 36 nitrogen and oxygen atoms in total. The van der Waals surface area contributed by atoms with E-state index in [1.165, 1.54) is 56.9 Å². The average Bonchev–Trinajstić information content (AvgIpc) is 0.832. The molecule has 0 saturated carbocycles. The summed E-state index contributed by atoms with van der Waals surface area (Å²) in [7, 11) is 10.4. The number of aliphatic hydroxyl groups excluding tert-OH is 3. The molecular formula is C88H152N8O28. The number of esters is 8. The summed E-state index contributed by atoms with van der Waals surface area (Å²) in [4.78, 5) is 122. The third-order valence-electron chi connectivity index (χ3n) is 21.1. The number of aryl methyl sites for hydroxylation is 2. The third kappa shape index (κ3) is 42.8. The Morgan fingerprint density at radius 2 is 0.484 bits per heavy atom. The van der Waals surface area contributed by atoms with Crippen LogP contribution in [0.4, 0.5) is 0 Å². The van der Waals surface area contributed by atoms with Crippen molar-refractivity contribution < 1.29 is 134 Å². The molecule has 0 bridgehead atoms. The molecule has 2 heterocycles. The van der Waals surface area contributed by atoms with Gasteiger partial charge < -0.3 is 95.8 Å². The Bertz CT molecular complexity index is 3200. The quantitative estimate of drug-likeness (QED) is 0.0487. The largest absolute Gasteiger partial charge is 0.491 e. The molecule has 8 atom stereocenters. The van der Waals surface area contributed by atoms with Crippen LogP contribution in [0.3, 0.4) is 0 Å². The van der Waals surface area contributed by atoms with E-state index in [4.69, 9.17) is 80.5 Å². The van der Waals surface area contributed by atoms with E-state index in [1.54, 1.807) is 14.7 Å². The second-order valence-corrected chi connectivity index (χ2v) is 32.8. The van der Waals surface area contributed by atoms with Crippen LogP contribution in [0.25, 0.3) is 0 Å². The molecule has 4 rings (SSSR count). The van der Waals surface area contributed by atoms with Crippen molar-refractivity contribution in [3.63, 3.8) is 0 Å². The number of hydrogen-bond acceptors (Lipinski definition) is 36. The maximum absolute atomic E-state index is 13.9. The molecule has 2 aliphatic heterocycles. The Kier molecular flexibility index (Phi) is 55.2. The van der Waals surface area contributed by atoms with Crippen molar-refractivity contribution >= 4 is 47.8 Å². The predicted molar refractivity (Wildman–Crippen MR) is 462 cm³/mol. The molecule has 124 heavy (non-hydrogen) atoms. The fourth-order valence-electron chi connectivity index (χ4n) is 14.1. The summed E-state index contributed by atoms with van der Waals surface area (Å²) in [5, 5.41) is 30.8. The lowest BCUT2D eigenvalue weighted by Crippen LogP contribution is -2.58. The van der Waals surface area contributed by atoms with Crippen LogP contribution in [0.15, 0.2) is 48.5 Å². The van der Waals surface area contributed by atoms with Gasteiger partial charge in [-0.25, -0.2) is 0 Å². The summed E-state index contributed by atoms with van der Waals surface area (Å²) >= 11 is 0. The van der Waals surface area contributed by atoms with Crippen LogP contribution in [0, 0.1) is 0 Å². The molecule has 2 fully saturated rings. The van der Waals surface area contributed by atoms with Crippen LogP contribution in [0.2, 0.25) is 0 Å². The van der Waals surface area contributed by atoms with E-state index < -0.39 is 133 Å². The SMILES string of the molecule is CCOCCOCCOc1ccc(CCC[C@@H](C(=O)OC)N2CCN([C@@H](CO)C(=O)OC)CCN([C@H](CO)C(=O)OC)CCN([C@@H](CO)C(=O)OC)CC2)cc1.CCOCCOCCOc1ccc(CCC[C@@H](C(=O)OC)N2CCN([C@@H](COC(C)(C)C)C(=O)OC)CCN([C@H](COC(C)(C)C)C(=O)OC)CCN([C@@H](COC(C)(C)C)C(=O)OC)CC2)cc1. The van der Waals surface area contributed by atoms with Gasteiger partial charge in [0.1, 0.15) is 73.0 Å². The van der Waals surface area contributed by atoms with Gasteiger partial charge in [0.15, 0.2) is 0 Å². The molecular weight excluding hydrogens is 1620 g/mol. The molecule has 712 valence electrons. The van der Waals surface area contributed by atoms with E-state index in [9.17, 15) is 53.7 Å². The van der Waals surface area contributed by atoms with Gasteiger partial charge in [0.2, 0.25) is 0 Å². The standard InChI is InChI=1S/C50H88N4O14.C38H64N4O14/c1-15-63-31-32-64-33-34-65-39-21-19-38(20-22-39)17-16-18-40(44(55)59-11)51-23-25-52(41(45(56)60-12)35-66-48(2,3)4)27-29-54(43(47(58)62-14)37-68-50(8,9)10)30-28-53(26-24-51)42(46(57)61-13)36-67-49(5,6)7;1-6-54-22-23-55-24-25-56-30-12-10-29(11-13-30)8-7-9-31(35(46)50-2)39-14-16-40(32(26-43)36(47)51-3)18-20-42(34(28-45)38(49)53-5)21-19-41(17-15-39)33(27-44)37(48)52-4/h19-22,40-43H,15-18,23-37H2,1-14H3;10-13,31-34,43-45H,6-9,14-28H2,1-5H3/t40-,41-,42-,43+;31-,32-,33-,34+/m00/s1. The zero-order chi connectivity index (χ0) is 92.2. The second-order valence-electron chi connectivity index (χ2n) is 32.8. The number of benzene rings is 2. The molecule has 0 spiro atoms. The molecule has 0 amide bonds. The number of carbonyl (C=O) groups excluding carboxylic acids is 8. The van der Waals surface area contributed by atoms with Crippen molar-refractivity contribution in [2.24, 2.45) is 0 Å². The molecule has 36 heteroatoms. The van der Waals surface area contributed by atoms with Crippen LogP contribution < -0.4 is 9.47 Å². The summed E-state index contributed by atoms with van der Waals surface area (Å²) in [6.45, 7) is 28.6. The number of rotatable bonds is 49. The molecule has 0 unspecified atom stereocenters. The van der Waals surface area contributed by atoms with Gasteiger partial charge in [0, 0.05) is 118 Å². The normalized spacial score (nSPS) is 17.6. The minimum Gasteiger partial charge on any atom is -0.491 e. The first kappa shape index (κ1) is 111. The molecule has 2 aromatic carbocycles. The first-order valence-electron chi connectivity index (χ1n) is 43.2. The summed E-state index contributed by atoms with van der Waals surface area (Å²) in [5.74, 6) is -2.83. The molecule has 2 aliphatic rings. The smallest absolute Gasteiger partial charge is 0.325 e. The maximum Gasteiger partial charge on any atom is 0.325 e. The van der Waals surface area contributed by atoms with Crippen LogP contribution in [-0.2, 0) is 122 Å². The van der Waals surface area contributed by atoms with Gasteiger partial charge in [-0.15, -0.1) is 0 Å². The summed E-state index contributed by atoms with van der Waals surface area (Å²) in [6, 6.07) is 8.60. The fourth-order valence-corrected chi connectivity index (χ4v) is 14.1. The van der Waals surface area contributed by atoms with Crippen molar-refractivity contribution in [3.8, 4) is 11.5 Å². The van der Waals surface area contributed by atoms with E-state index in [2.05, 4.69) is 4.90 Å². The van der Waals surface area contributed by atoms with Gasteiger partial charge in [-0.2, -0.15) is 0 Å². The average molecular weight is 1770 g/mol. The van der Waals surface area contributed by atoms with Gasteiger partial charge in [0.25, 0.3) is 0 Å². The number of ether oxygens (including phenoxy) is 17.